The van der Waals surface area contributed by atoms with Gasteiger partial charge in [-0.3, -0.25) is 5.32 Å². The molecule has 0 saturated heterocycles. The molecule has 0 saturated carbocycles. The molecule has 3 heterocycles. The van der Waals surface area contributed by atoms with Crippen molar-refractivity contribution in [1.29, 1.82) is 0 Å². The van der Waals surface area contributed by atoms with Gasteiger partial charge in [-0.1, -0.05) is 23.7 Å². The Morgan fingerprint density at radius 1 is 1.24 bits per heavy atom. The van der Waals surface area contributed by atoms with Crippen molar-refractivity contribution in [2.45, 2.75) is 39.3 Å². The lowest BCUT2D eigenvalue weighted by molar-refractivity contribution is 0.103. The van der Waals surface area contributed by atoms with Crippen LogP contribution < -0.4 is 11.1 Å². The normalized spacial score (nSPS) is 12.4. The number of ether oxygens (including phenoxy) is 1. The van der Waals surface area contributed by atoms with E-state index in [-0.39, 0.29) is 5.54 Å². The molecule has 4 aromatic rings. The van der Waals surface area contributed by atoms with Crippen molar-refractivity contribution in [3.63, 3.8) is 0 Å². The Hall–Kier alpha value is -2.72. The van der Waals surface area contributed by atoms with Crippen LogP contribution >= 0.6 is 11.6 Å². The van der Waals surface area contributed by atoms with Crippen LogP contribution in [0.4, 0.5) is 5.82 Å². The molecule has 34 heavy (non-hydrogen) atoms. The molecule has 10 heteroatoms. The van der Waals surface area contributed by atoms with Gasteiger partial charge in [-0.05, 0) is 66.0 Å². The van der Waals surface area contributed by atoms with E-state index >= 15 is 0 Å². The molecule has 0 aliphatic rings. The second-order valence-corrected chi connectivity index (χ2v) is 10.1. The highest BCUT2D eigenvalue weighted by atomic mass is 35.5. The summed E-state index contributed by atoms with van der Waals surface area (Å²) in [6.07, 6.45) is 2.54. The number of hydrogen-bond donors (Lipinski definition) is 3. The Bertz CT molecular complexity index is 1290. The van der Waals surface area contributed by atoms with E-state index in [4.69, 9.17) is 27.2 Å². The Morgan fingerprint density at radius 2 is 2.03 bits per heavy atom. The van der Waals surface area contributed by atoms with Crippen LogP contribution in [0.25, 0.3) is 33.3 Å². The molecule has 0 unspecified atom stereocenters. The van der Waals surface area contributed by atoms with E-state index in [1.807, 2.05) is 16.8 Å². The standard InChI is InChI=1S/C24H33ClN8O/c1-24(2,3)33-23-18(22(26)28-13-29-23)20(31-33)21-19(25)16-8-7-15(11-17(16)30-21)12-34-14-27-9-6-10-32(4)5/h7-8,11,13,27,30H,6,9-10,12,14H2,1-5H3,(H2,26,28,29). The van der Waals surface area contributed by atoms with E-state index in [9.17, 15) is 0 Å². The molecule has 1 aromatic carbocycles. The van der Waals surface area contributed by atoms with Gasteiger partial charge in [0.05, 0.1) is 35.0 Å². The van der Waals surface area contributed by atoms with Gasteiger partial charge in [0.15, 0.2) is 5.65 Å². The van der Waals surface area contributed by atoms with Crippen LogP contribution in [0.5, 0.6) is 0 Å². The van der Waals surface area contributed by atoms with Crippen LogP contribution in [0.1, 0.15) is 32.8 Å². The van der Waals surface area contributed by atoms with Gasteiger partial charge in [-0.25, -0.2) is 14.6 Å². The average molecular weight is 485 g/mol. The first kappa shape index (κ1) is 24.4. The molecule has 0 spiro atoms. The molecule has 4 rings (SSSR count). The highest BCUT2D eigenvalue weighted by molar-refractivity contribution is 6.38. The van der Waals surface area contributed by atoms with Gasteiger partial charge in [0.25, 0.3) is 0 Å². The van der Waals surface area contributed by atoms with Gasteiger partial charge < -0.3 is 20.4 Å². The molecule has 0 aliphatic carbocycles. The molecule has 4 N–H and O–H groups in total. The van der Waals surface area contributed by atoms with Crippen LogP contribution in [0.3, 0.4) is 0 Å². The summed E-state index contributed by atoms with van der Waals surface area (Å²) < 4.78 is 7.65. The predicted octanol–water partition coefficient (Wildman–Crippen LogP) is 3.98. The van der Waals surface area contributed by atoms with Crippen LogP contribution in [0.15, 0.2) is 24.5 Å². The lowest BCUT2D eigenvalue weighted by atomic mass is 10.1. The summed E-state index contributed by atoms with van der Waals surface area (Å²) in [6, 6.07) is 6.09. The molecule has 0 bridgehead atoms. The lowest BCUT2D eigenvalue weighted by Crippen LogP contribution is -2.23. The minimum absolute atomic E-state index is 0.291. The molecular weight excluding hydrogens is 452 g/mol. The van der Waals surface area contributed by atoms with Gasteiger partial charge in [0.2, 0.25) is 0 Å². The topological polar surface area (TPSA) is 110 Å². The van der Waals surface area contributed by atoms with Crippen molar-refractivity contribution in [2.24, 2.45) is 0 Å². The third-order valence-electron chi connectivity index (χ3n) is 5.60. The first-order valence-electron chi connectivity index (χ1n) is 11.4. The number of hydrogen-bond acceptors (Lipinski definition) is 7. The summed E-state index contributed by atoms with van der Waals surface area (Å²) in [6.45, 7) is 9.20. The Balaban J connectivity index is 1.57. The SMILES string of the molecule is CN(C)CCCNCOCc1ccc2c(Cl)c(-c3nn(C(C)(C)C)c4ncnc(N)c34)[nH]c2c1. The van der Waals surface area contributed by atoms with Gasteiger partial charge in [0, 0.05) is 10.9 Å². The van der Waals surface area contributed by atoms with Crippen LogP contribution in [-0.4, -0.2) is 63.5 Å². The molecule has 0 radical (unpaired) electrons. The second-order valence-electron chi connectivity index (χ2n) is 9.73. The van der Waals surface area contributed by atoms with E-state index in [2.05, 4.69) is 66.1 Å². The quantitative estimate of drug-likeness (QED) is 0.243. The molecule has 3 aromatic heterocycles. The van der Waals surface area contributed by atoms with Crippen molar-refractivity contribution in [2.75, 3.05) is 39.6 Å². The van der Waals surface area contributed by atoms with Crippen molar-refractivity contribution < 1.29 is 4.74 Å². The van der Waals surface area contributed by atoms with E-state index in [1.54, 1.807) is 0 Å². The number of anilines is 1. The Kier molecular flexibility index (Phi) is 7.09. The molecular formula is C24H33ClN8O. The highest BCUT2D eigenvalue weighted by Crippen LogP contribution is 2.39. The number of halogens is 1. The first-order chi connectivity index (χ1) is 16.2. The molecule has 0 fully saturated rings. The summed E-state index contributed by atoms with van der Waals surface area (Å²) in [5.41, 5.74) is 9.94. The molecule has 182 valence electrons. The Labute approximate surface area is 204 Å². The number of benzene rings is 1. The number of nitrogens with one attached hydrogen (secondary N) is 2. The summed E-state index contributed by atoms with van der Waals surface area (Å²) in [5, 5.41) is 10.4. The third kappa shape index (κ3) is 5.02. The maximum atomic E-state index is 6.81. The number of H-pyrrole nitrogens is 1. The number of nitrogens with zero attached hydrogens (tertiary/aromatic N) is 5. The minimum atomic E-state index is -0.291. The molecule has 9 nitrogen and oxygen atoms in total. The van der Waals surface area contributed by atoms with Gasteiger partial charge in [0.1, 0.15) is 17.8 Å². The molecule has 0 amide bonds. The minimum Gasteiger partial charge on any atom is -0.383 e. The zero-order valence-corrected chi connectivity index (χ0v) is 21.2. The largest absolute Gasteiger partial charge is 0.383 e. The lowest BCUT2D eigenvalue weighted by Gasteiger charge is -2.19. The van der Waals surface area contributed by atoms with Crippen LogP contribution in [-0.2, 0) is 16.9 Å². The average Bonchev–Trinajstić information content (AvgIpc) is 3.31. The van der Waals surface area contributed by atoms with E-state index in [1.165, 1.54) is 6.33 Å². The van der Waals surface area contributed by atoms with Crippen molar-refractivity contribution in [3.8, 4) is 11.4 Å². The first-order valence-corrected chi connectivity index (χ1v) is 11.8. The third-order valence-corrected chi connectivity index (χ3v) is 5.99. The maximum absolute atomic E-state index is 6.81. The summed E-state index contributed by atoms with van der Waals surface area (Å²) >= 11 is 6.81. The maximum Gasteiger partial charge on any atom is 0.164 e. The van der Waals surface area contributed by atoms with Crippen LogP contribution in [0.2, 0.25) is 5.02 Å². The highest BCUT2D eigenvalue weighted by Gasteiger charge is 2.26. The fourth-order valence-electron chi connectivity index (χ4n) is 3.91. The molecule has 0 aliphatic heterocycles. The van der Waals surface area contributed by atoms with Crippen molar-refractivity contribution in [1.82, 2.24) is 34.9 Å². The fourth-order valence-corrected chi connectivity index (χ4v) is 4.22. The number of aromatic nitrogens is 5. The zero-order chi connectivity index (χ0) is 24.5. The smallest absolute Gasteiger partial charge is 0.164 e. The number of nitrogens with two attached hydrogens (primary N) is 1. The van der Waals surface area contributed by atoms with E-state index in [0.29, 0.717) is 46.6 Å². The molecule has 0 atom stereocenters. The van der Waals surface area contributed by atoms with Gasteiger partial charge in [-0.15, -0.1) is 0 Å². The number of aromatic amines is 1. The van der Waals surface area contributed by atoms with Gasteiger partial charge in [-0.2, -0.15) is 5.10 Å². The summed E-state index contributed by atoms with van der Waals surface area (Å²) in [5.74, 6) is 0.373. The Morgan fingerprint density at radius 3 is 2.76 bits per heavy atom. The predicted molar refractivity (Wildman–Crippen MR) is 138 cm³/mol. The number of fused-ring (bicyclic) bond motifs is 2. The monoisotopic (exact) mass is 484 g/mol. The second kappa shape index (κ2) is 9.87. The van der Waals surface area contributed by atoms with E-state index < -0.39 is 0 Å². The summed E-state index contributed by atoms with van der Waals surface area (Å²) in [7, 11) is 4.15. The zero-order valence-electron chi connectivity index (χ0n) is 20.4. The van der Waals surface area contributed by atoms with Crippen molar-refractivity contribution in [3.05, 3.63) is 35.1 Å². The number of rotatable bonds is 9. The van der Waals surface area contributed by atoms with Crippen LogP contribution in [0, 0.1) is 0 Å². The summed E-state index contributed by atoms with van der Waals surface area (Å²) in [4.78, 5) is 14.2. The fraction of sp³-hybridized carbons (Fsp3) is 0.458. The van der Waals surface area contributed by atoms with Crippen molar-refractivity contribution >= 4 is 39.4 Å². The number of nitrogen functional groups attached to an aromatic ring is 1. The van der Waals surface area contributed by atoms with Gasteiger partial charge >= 0.3 is 0 Å². The van der Waals surface area contributed by atoms with E-state index in [0.717, 1.165) is 36.0 Å².